The van der Waals surface area contributed by atoms with Gasteiger partial charge in [0.15, 0.2) is 0 Å². The molecule has 1 unspecified atom stereocenters. The van der Waals surface area contributed by atoms with E-state index >= 15 is 0 Å². The van der Waals surface area contributed by atoms with Crippen LogP contribution in [0.5, 0.6) is 0 Å². The molecule has 0 amide bonds. The highest BCUT2D eigenvalue weighted by atomic mass is 19.3. The van der Waals surface area contributed by atoms with Gasteiger partial charge in [-0.25, -0.2) is 23.1 Å². The van der Waals surface area contributed by atoms with Crippen molar-refractivity contribution in [3.05, 3.63) is 52.7 Å². The molecule has 0 saturated carbocycles. The van der Waals surface area contributed by atoms with Crippen LogP contribution in [0, 0.1) is 5.82 Å². The number of nitrogens with zero attached hydrogens (tertiary/aromatic N) is 2. The lowest BCUT2D eigenvalue weighted by Gasteiger charge is -2.18. The van der Waals surface area contributed by atoms with Crippen molar-refractivity contribution in [3.63, 3.8) is 0 Å². The molecule has 22 heavy (non-hydrogen) atoms. The first-order valence-corrected chi connectivity index (χ1v) is 6.94. The maximum atomic E-state index is 14.2. The Morgan fingerprint density at radius 3 is 2.73 bits per heavy atom. The molecule has 2 aromatic rings. The van der Waals surface area contributed by atoms with Crippen LogP contribution < -0.4 is 10.6 Å². The molecule has 116 valence electrons. The Morgan fingerprint density at radius 2 is 1.95 bits per heavy atom. The zero-order valence-electron chi connectivity index (χ0n) is 11.9. The Bertz CT molecular complexity index is 690. The van der Waals surface area contributed by atoms with Crippen LogP contribution in [-0.4, -0.2) is 9.97 Å². The Hall–Kier alpha value is -2.15. The summed E-state index contributed by atoms with van der Waals surface area (Å²) in [5.74, 6) is -0.273. The average molecular weight is 308 g/mol. The van der Waals surface area contributed by atoms with E-state index < -0.39 is 23.8 Å². The zero-order valence-corrected chi connectivity index (χ0v) is 11.9. The molecular formula is C15H15F3N4. The Labute approximate surface area is 125 Å². The second-order valence-electron chi connectivity index (χ2n) is 5.17. The smallest absolute Gasteiger partial charge is 0.266 e. The summed E-state index contributed by atoms with van der Waals surface area (Å²) in [7, 11) is 0. The maximum Gasteiger partial charge on any atom is 0.266 e. The number of benzene rings is 1. The van der Waals surface area contributed by atoms with Crippen LogP contribution in [0.15, 0.2) is 24.5 Å². The van der Waals surface area contributed by atoms with E-state index in [0.717, 1.165) is 17.3 Å². The van der Waals surface area contributed by atoms with Gasteiger partial charge in [-0.05, 0) is 6.92 Å². The highest BCUT2D eigenvalue weighted by Crippen LogP contribution is 2.29. The number of halogens is 3. The van der Waals surface area contributed by atoms with Gasteiger partial charge in [-0.1, -0.05) is 18.2 Å². The van der Waals surface area contributed by atoms with Crippen molar-refractivity contribution in [1.29, 1.82) is 0 Å². The van der Waals surface area contributed by atoms with Gasteiger partial charge in [0.05, 0.1) is 17.3 Å². The molecule has 0 bridgehead atoms. The number of hydrogen-bond donors (Lipinski definition) is 2. The SMILES string of the molecule is CC(Nc1ncnc2c1CNC2)c1cccc(C(F)F)c1F. The summed E-state index contributed by atoms with van der Waals surface area (Å²) in [6.45, 7) is 3.01. The minimum absolute atomic E-state index is 0.191. The average Bonchev–Trinajstić information content (AvgIpc) is 2.96. The van der Waals surface area contributed by atoms with Gasteiger partial charge in [0.25, 0.3) is 6.43 Å². The molecule has 0 saturated heterocycles. The fourth-order valence-electron chi connectivity index (χ4n) is 2.57. The minimum atomic E-state index is -2.83. The van der Waals surface area contributed by atoms with Gasteiger partial charge in [0.2, 0.25) is 0 Å². The van der Waals surface area contributed by atoms with E-state index in [0.29, 0.717) is 18.9 Å². The predicted octanol–water partition coefficient (Wildman–Crippen LogP) is 3.33. The molecule has 1 aliphatic heterocycles. The number of rotatable bonds is 4. The van der Waals surface area contributed by atoms with Gasteiger partial charge in [0, 0.05) is 24.2 Å². The van der Waals surface area contributed by atoms with Crippen LogP contribution >= 0.6 is 0 Å². The molecule has 0 aliphatic carbocycles. The van der Waals surface area contributed by atoms with Crippen LogP contribution in [0.1, 0.15) is 41.8 Å². The second kappa shape index (κ2) is 5.92. The van der Waals surface area contributed by atoms with Gasteiger partial charge >= 0.3 is 0 Å². The van der Waals surface area contributed by atoms with Crippen LogP contribution in [0.25, 0.3) is 0 Å². The summed E-state index contributed by atoms with van der Waals surface area (Å²) in [6, 6.07) is 3.55. The minimum Gasteiger partial charge on any atom is -0.363 e. The van der Waals surface area contributed by atoms with Crippen molar-refractivity contribution in [1.82, 2.24) is 15.3 Å². The first kappa shape index (κ1) is 14.8. The molecule has 0 spiro atoms. The molecule has 4 nitrogen and oxygen atoms in total. The van der Waals surface area contributed by atoms with Crippen LogP contribution in [0.4, 0.5) is 19.0 Å². The van der Waals surface area contributed by atoms with E-state index in [1.165, 1.54) is 18.5 Å². The van der Waals surface area contributed by atoms with E-state index in [2.05, 4.69) is 20.6 Å². The van der Waals surface area contributed by atoms with Gasteiger partial charge in [-0.15, -0.1) is 0 Å². The topological polar surface area (TPSA) is 49.8 Å². The lowest BCUT2D eigenvalue weighted by atomic mass is 10.0. The molecule has 1 aromatic heterocycles. The third-order valence-corrected chi connectivity index (χ3v) is 3.74. The number of hydrogen-bond acceptors (Lipinski definition) is 4. The van der Waals surface area contributed by atoms with Crippen molar-refractivity contribution in [2.24, 2.45) is 0 Å². The first-order chi connectivity index (χ1) is 10.6. The highest BCUT2D eigenvalue weighted by Gasteiger charge is 2.22. The third-order valence-electron chi connectivity index (χ3n) is 3.74. The normalized spacial score (nSPS) is 15.0. The lowest BCUT2D eigenvalue weighted by molar-refractivity contribution is 0.146. The molecule has 2 heterocycles. The molecular weight excluding hydrogens is 293 g/mol. The number of anilines is 1. The number of nitrogens with one attached hydrogen (secondary N) is 2. The number of alkyl halides is 2. The van der Waals surface area contributed by atoms with Crippen LogP contribution in [0.3, 0.4) is 0 Å². The largest absolute Gasteiger partial charge is 0.363 e. The van der Waals surface area contributed by atoms with Gasteiger partial charge < -0.3 is 10.6 Å². The Morgan fingerprint density at radius 1 is 1.18 bits per heavy atom. The Kier molecular flexibility index (Phi) is 3.98. The van der Waals surface area contributed by atoms with E-state index in [1.54, 1.807) is 6.92 Å². The van der Waals surface area contributed by atoms with E-state index in [-0.39, 0.29) is 5.56 Å². The predicted molar refractivity (Wildman–Crippen MR) is 76.0 cm³/mol. The molecule has 2 N–H and O–H groups in total. The van der Waals surface area contributed by atoms with Crippen molar-refractivity contribution in [2.45, 2.75) is 32.5 Å². The summed E-state index contributed by atoms with van der Waals surface area (Å²) in [6.07, 6.45) is -1.40. The molecule has 1 aromatic carbocycles. The van der Waals surface area contributed by atoms with Gasteiger partial charge in [-0.3, -0.25) is 0 Å². The number of aromatic nitrogens is 2. The maximum absolute atomic E-state index is 14.2. The van der Waals surface area contributed by atoms with E-state index in [9.17, 15) is 13.2 Å². The van der Waals surface area contributed by atoms with Crippen molar-refractivity contribution in [3.8, 4) is 0 Å². The fourth-order valence-corrected chi connectivity index (χ4v) is 2.57. The van der Waals surface area contributed by atoms with E-state index in [4.69, 9.17) is 0 Å². The number of fused-ring (bicyclic) bond motifs is 1. The quantitative estimate of drug-likeness (QED) is 0.909. The van der Waals surface area contributed by atoms with Gasteiger partial charge in [-0.2, -0.15) is 0 Å². The first-order valence-electron chi connectivity index (χ1n) is 6.94. The van der Waals surface area contributed by atoms with Crippen molar-refractivity contribution in [2.75, 3.05) is 5.32 Å². The highest BCUT2D eigenvalue weighted by molar-refractivity contribution is 5.49. The second-order valence-corrected chi connectivity index (χ2v) is 5.17. The standard InChI is InChI=1S/C15H15F3N4/c1-8(9-3-2-4-10(13(9)16)14(17)18)22-15-11-5-19-6-12(11)20-7-21-15/h2-4,7-8,14,19H,5-6H2,1H3,(H,20,21,22). The van der Waals surface area contributed by atoms with Crippen molar-refractivity contribution < 1.29 is 13.2 Å². The zero-order chi connectivity index (χ0) is 15.7. The molecule has 0 radical (unpaired) electrons. The monoisotopic (exact) mass is 308 g/mol. The summed E-state index contributed by atoms with van der Waals surface area (Å²) < 4.78 is 39.8. The molecule has 3 rings (SSSR count). The van der Waals surface area contributed by atoms with Crippen LogP contribution in [-0.2, 0) is 13.1 Å². The molecule has 0 fully saturated rings. The Balaban J connectivity index is 1.88. The van der Waals surface area contributed by atoms with Crippen LogP contribution in [0.2, 0.25) is 0 Å². The third kappa shape index (κ3) is 2.64. The lowest BCUT2D eigenvalue weighted by Crippen LogP contribution is -2.13. The molecule has 1 aliphatic rings. The molecule has 7 heteroatoms. The summed E-state index contributed by atoms with van der Waals surface area (Å²) >= 11 is 0. The van der Waals surface area contributed by atoms with E-state index in [1.807, 2.05) is 0 Å². The van der Waals surface area contributed by atoms with Crippen molar-refractivity contribution >= 4 is 5.82 Å². The molecule has 1 atom stereocenters. The summed E-state index contributed by atoms with van der Waals surface area (Å²) in [5.41, 5.74) is 1.43. The summed E-state index contributed by atoms with van der Waals surface area (Å²) in [5, 5.41) is 6.25. The van der Waals surface area contributed by atoms with Gasteiger partial charge in [0.1, 0.15) is 18.0 Å². The fraction of sp³-hybridized carbons (Fsp3) is 0.333. The summed E-state index contributed by atoms with van der Waals surface area (Å²) in [4.78, 5) is 8.34.